The second-order valence-electron chi connectivity index (χ2n) is 5.44. The topological polar surface area (TPSA) is 90.3 Å². The van der Waals surface area contributed by atoms with Crippen LogP contribution in [0.2, 0.25) is 20.1 Å². The number of nitrogens with zero attached hydrogens (tertiary/aromatic N) is 2. The van der Waals surface area contributed by atoms with Crippen LogP contribution >= 0.6 is 46.4 Å². The van der Waals surface area contributed by atoms with E-state index in [1.807, 2.05) is 6.07 Å². The minimum Gasteiger partial charge on any atom is -0.325 e. The van der Waals surface area contributed by atoms with Crippen molar-refractivity contribution in [3.63, 3.8) is 0 Å². The molecule has 0 radical (unpaired) electrons. The van der Waals surface area contributed by atoms with Crippen molar-refractivity contribution >= 4 is 69.8 Å². The number of nitrogens with one attached hydrogen (secondary N) is 1. The number of fused-ring (bicyclic) bond motifs is 1. The van der Waals surface area contributed by atoms with Crippen LogP contribution in [0.5, 0.6) is 0 Å². The van der Waals surface area contributed by atoms with E-state index in [-0.39, 0.29) is 31.2 Å². The molecule has 0 saturated heterocycles. The first-order valence-electron chi connectivity index (χ1n) is 7.28. The molecule has 0 fully saturated rings. The van der Waals surface area contributed by atoms with Gasteiger partial charge >= 0.3 is 0 Å². The Morgan fingerprint density at radius 1 is 0.926 bits per heavy atom. The molecule has 0 atom stereocenters. The van der Waals surface area contributed by atoms with Crippen molar-refractivity contribution in [2.75, 3.05) is 11.9 Å². The molecule has 3 rings (SSSR count). The summed E-state index contributed by atoms with van der Waals surface area (Å²) in [4.78, 5) is 38.0. The third-order valence-corrected chi connectivity index (χ3v) is 5.59. The van der Waals surface area contributed by atoms with Crippen LogP contribution in [-0.2, 0) is 4.79 Å². The van der Waals surface area contributed by atoms with Gasteiger partial charge in [0.25, 0.3) is 11.8 Å². The Morgan fingerprint density at radius 3 is 1.85 bits per heavy atom. The fourth-order valence-corrected chi connectivity index (χ4v) is 3.53. The van der Waals surface area contributed by atoms with Crippen molar-refractivity contribution in [3.05, 3.63) is 61.0 Å². The summed E-state index contributed by atoms with van der Waals surface area (Å²) in [7, 11) is 0. The lowest BCUT2D eigenvalue weighted by atomic mass is 10.1. The fraction of sp³-hybridized carbons (Fsp3) is 0.0588. The summed E-state index contributed by atoms with van der Waals surface area (Å²) >= 11 is 23.9. The van der Waals surface area contributed by atoms with E-state index >= 15 is 0 Å². The molecule has 0 unspecified atom stereocenters. The van der Waals surface area contributed by atoms with Gasteiger partial charge in [-0.15, -0.1) is 0 Å². The Bertz CT molecular complexity index is 998. The highest BCUT2D eigenvalue weighted by Gasteiger charge is 2.42. The number of hydrogen-bond acceptors (Lipinski definition) is 4. The fourth-order valence-electron chi connectivity index (χ4n) is 2.51. The molecule has 0 aliphatic carbocycles. The summed E-state index contributed by atoms with van der Waals surface area (Å²) in [5, 5.41) is 10.6. The molecule has 2 aromatic rings. The van der Waals surface area contributed by atoms with Gasteiger partial charge in [-0.25, -0.2) is 0 Å². The number of carbonyl (C=O) groups excluding carboxylic acids is 3. The van der Waals surface area contributed by atoms with E-state index in [1.165, 1.54) is 24.3 Å². The van der Waals surface area contributed by atoms with Crippen LogP contribution in [0.4, 0.5) is 5.69 Å². The van der Waals surface area contributed by atoms with Crippen LogP contribution in [-0.4, -0.2) is 29.2 Å². The SMILES string of the molecule is N#Cc1ccc(NC(=O)CN2C(=O)c3c(Cl)c(Cl)c(Cl)c(Cl)c3C2=O)cc1. The first-order valence-corrected chi connectivity index (χ1v) is 8.79. The van der Waals surface area contributed by atoms with Gasteiger partial charge in [-0.1, -0.05) is 46.4 Å². The highest BCUT2D eigenvalue weighted by Crippen LogP contribution is 2.44. The van der Waals surface area contributed by atoms with E-state index in [0.29, 0.717) is 16.2 Å². The van der Waals surface area contributed by atoms with Gasteiger partial charge in [-0.3, -0.25) is 19.3 Å². The normalized spacial score (nSPS) is 12.8. The zero-order chi connectivity index (χ0) is 19.9. The molecule has 0 saturated carbocycles. The van der Waals surface area contributed by atoms with Crippen molar-refractivity contribution in [2.45, 2.75) is 0 Å². The maximum Gasteiger partial charge on any atom is 0.263 e. The minimum atomic E-state index is -0.796. The Kier molecular flexibility index (Phi) is 5.31. The van der Waals surface area contributed by atoms with Gasteiger partial charge in [-0.2, -0.15) is 5.26 Å². The Balaban J connectivity index is 1.84. The van der Waals surface area contributed by atoms with Crippen LogP contribution in [0.3, 0.4) is 0 Å². The summed E-state index contributed by atoms with van der Waals surface area (Å²) in [5.74, 6) is -2.22. The second kappa shape index (κ2) is 7.37. The third kappa shape index (κ3) is 3.35. The average molecular weight is 443 g/mol. The van der Waals surface area contributed by atoms with E-state index in [1.54, 1.807) is 0 Å². The van der Waals surface area contributed by atoms with Crippen molar-refractivity contribution in [1.29, 1.82) is 5.26 Å². The lowest BCUT2D eigenvalue weighted by Gasteiger charge is -2.13. The van der Waals surface area contributed by atoms with E-state index < -0.39 is 24.3 Å². The molecule has 1 N–H and O–H groups in total. The molecular formula is C17H7Cl4N3O3. The first kappa shape index (κ1) is 19.5. The smallest absolute Gasteiger partial charge is 0.263 e. The minimum absolute atomic E-state index is 0.146. The van der Waals surface area contributed by atoms with Gasteiger partial charge in [0.2, 0.25) is 5.91 Å². The molecule has 10 heteroatoms. The van der Waals surface area contributed by atoms with Crippen molar-refractivity contribution in [2.24, 2.45) is 0 Å². The number of halogens is 4. The van der Waals surface area contributed by atoms with Gasteiger partial charge < -0.3 is 5.32 Å². The second-order valence-corrected chi connectivity index (χ2v) is 6.95. The largest absolute Gasteiger partial charge is 0.325 e. The lowest BCUT2D eigenvalue weighted by molar-refractivity contribution is -0.116. The van der Waals surface area contributed by atoms with Gasteiger partial charge in [-0.05, 0) is 24.3 Å². The lowest BCUT2D eigenvalue weighted by Crippen LogP contribution is -2.37. The maximum absolute atomic E-state index is 12.6. The highest BCUT2D eigenvalue weighted by molar-refractivity contribution is 6.55. The third-order valence-electron chi connectivity index (χ3n) is 3.78. The average Bonchev–Trinajstić information content (AvgIpc) is 2.90. The molecule has 6 nitrogen and oxygen atoms in total. The zero-order valence-corrected chi connectivity index (χ0v) is 16.2. The molecular weight excluding hydrogens is 436 g/mol. The predicted octanol–water partition coefficient (Wildman–Crippen LogP) is 4.41. The number of imide groups is 1. The van der Waals surface area contributed by atoms with Gasteiger partial charge in [0, 0.05) is 5.69 Å². The standard InChI is InChI=1S/C17H7Cl4N3O3/c18-12-10-11(13(19)15(21)14(12)20)17(27)24(16(10)26)6-9(25)23-8-3-1-7(5-22)2-4-8/h1-4H,6H2,(H,23,25). The quantitative estimate of drug-likeness (QED) is 0.433. The number of benzene rings is 2. The Labute approximate surface area is 173 Å². The van der Waals surface area contributed by atoms with Crippen molar-refractivity contribution < 1.29 is 14.4 Å². The Morgan fingerprint density at radius 2 is 1.41 bits per heavy atom. The van der Waals surface area contributed by atoms with E-state index in [9.17, 15) is 14.4 Å². The van der Waals surface area contributed by atoms with Crippen molar-refractivity contribution in [1.82, 2.24) is 4.90 Å². The summed E-state index contributed by atoms with van der Waals surface area (Å²) in [6.45, 7) is -0.561. The van der Waals surface area contributed by atoms with Crippen molar-refractivity contribution in [3.8, 4) is 6.07 Å². The molecule has 0 spiro atoms. The molecule has 1 aliphatic rings. The number of rotatable bonds is 3. The molecule has 3 amide bonds. The van der Waals surface area contributed by atoms with Gasteiger partial charge in [0.05, 0.1) is 42.9 Å². The van der Waals surface area contributed by atoms with E-state index in [0.717, 1.165) is 0 Å². The van der Waals surface area contributed by atoms with Crippen LogP contribution in [0.1, 0.15) is 26.3 Å². The van der Waals surface area contributed by atoms with Gasteiger partial charge in [0.15, 0.2) is 0 Å². The van der Waals surface area contributed by atoms with Crippen LogP contribution in [0, 0.1) is 11.3 Å². The highest BCUT2D eigenvalue weighted by atomic mass is 35.5. The summed E-state index contributed by atoms with van der Waals surface area (Å²) in [5.41, 5.74) is 0.448. The number of carbonyl (C=O) groups is 3. The Hall–Kier alpha value is -2.30. The van der Waals surface area contributed by atoms with E-state index in [4.69, 9.17) is 51.7 Å². The monoisotopic (exact) mass is 441 g/mol. The number of amides is 3. The van der Waals surface area contributed by atoms with Crippen LogP contribution < -0.4 is 5.32 Å². The number of nitriles is 1. The number of hydrogen-bond donors (Lipinski definition) is 1. The molecule has 0 bridgehead atoms. The predicted molar refractivity (Wildman–Crippen MR) is 102 cm³/mol. The first-order chi connectivity index (χ1) is 12.8. The summed E-state index contributed by atoms with van der Waals surface area (Å²) in [6, 6.07) is 8.02. The summed E-state index contributed by atoms with van der Waals surface area (Å²) < 4.78 is 0. The number of anilines is 1. The van der Waals surface area contributed by atoms with Crippen LogP contribution in [0.25, 0.3) is 0 Å². The molecule has 1 aliphatic heterocycles. The molecule has 27 heavy (non-hydrogen) atoms. The molecule has 2 aromatic carbocycles. The molecule has 136 valence electrons. The summed E-state index contributed by atoms with van der Waals surface area (Å²) in [6.07, 6.45) is 0. The zero-order valence-electron chi connectivity index (χ0n) is 13.1. The van der Waals surface area contributed by atoms with Gasteiger partial charge in [0.1, 0.15) is 6.54 Å². The molecule has 0 aromatic heterocycles. The molecule has 1 heterocycles. The van der Waals surface area contributed by atoms with E-state index in [2.05, 4.69) is 5.32 Å². The maximum atomic E-state index is 12.6. The van der Waals surface area contributed by atoms with Crippen LogP contribution in [0.15, 0.2) is 24.3 Å².